The first-order valence-electron chi connectivity index (χ1n) is 7.64. The number of rotatable bonds is 6. The Hall–Kier alpha value is -2.24. The van der Waals surface area contributed by atoms with E-state index in [0.29, 0.717) is 15.7 Å². The van der Waals surface area contributed by atoms with E-state index in [2.05, 4.69) is 27.6 Å². The van der Waals surface area contributed by atoms with E-state index in [4.69, 9.17) is 11.6 Å². The van der Waals surface area contributed by atoms with Crippen LogP contribution in [-0.4, -0.2) is 16.1 Å². The summed E-state index contributed by atoms with van der Waals surface area (Å²) in [6.07, 6.45) is 2.85. The first kappa shape index (κ1) is 16.6. The van der Waals surface area contributed by atoms with Crippen LogP contribution in [0, 0.1) is 0 Å². The molecule has 0 aliphatic carbocycles. The minimum Gasteiger partial charge on any atom is -0.296 e. The zero-order valence-electron chi connectivity index (χ0n) is 12.9. The van der Waals surface area contributed by atoms with Gasteiger partial charge < -0.3 is 0 Å². The Balaban J connectivity index is 1.53. The number of aromatic nitrogens is 2. The van der Waals surface area contributed by atoms with Gasteiger partial charge >= 0.3 is 0 Å². The molecule has 3 aromatic rings. The molecule has 1 aromatic heterocycles. The van der Waals surface area contributed by atoms with Gasteiger partial charge in [-0.25, -0.2) is 0 Å². The van der Waals surface area contributed by atoms with Crippen LogP contribution in [0.5, 0.6) is 0 Å². The first-order valence-corrected chi connectivity index (χ1v) is 8.83. The van der Waals surface area contributed by atoms with Gasteiger partial charge in [-0.15, -0.1) is 10.2 Å². The minimum absolute atomic E-state index is 0.232. The number of hydrogen-bond donors (Lipinski definition) is 1. The predicted octanol–water partition coefficient (Wildman–Crippen LogP) is 4.62. The number of carbonyl (C=O) groups excluding carboxylic acids is 1. The Morgan fingerprint density at radius 2 is 1.88 bits per heavy atom. The summed E-state index contributed by atoms with van der Waals surface area (Å²) in [4.78, 5) is 12.1. The SMILES string of the molecule is O=C(Nc1nnc(CCCc2ccccc2)s1)c1cccc(Cl)c1. The van der Waals surface area contributed by atoms with E-state index in [1.807, 2.05) is 18.2 Å². The van der Waals surface area contributed by atoms with E-state index in [0.717, 1.165) is 24.3 Å². The standard InChI is InChI=1S/C18H16ClN3OS/c19-15-10-5-9-14(12-15)17(23)20-18-22-21-16(24-18)11-4-8-13-6-2-1-3-7-13/h1-3,5-7,9-10,12H,4,8,11H2,(H,20,22,23). The lowest BCUT2D eigenvalue weighted by Gasteiger charge is -2.01. The molecule has 0 saturated heterocycles. The number of nitrogens with zero attached hydrogens (tertiary/aromatic N) is 2. The highest BCUT2D eigenvalue weighted by Crippen LogP contribution is 2.19. The zero-order valence-corrected chi connectivity index (χ0v) is 14.5. The Morgan fingerprint density at radius 1 is 1.04 bits per heavy atom. The Bertz CT molecular complexity index is 820. The maximum absolute atomic E-state index is 12.1. The number of anilines is 1. The summed E-state index contributed by atoms with van der Waals surface area (Å²) in [7, 11) is 0. The van der Waals surface area contributed by atoms with Crippen molar-refractivity contribution in [2.75, 3.05) is 5.32 Å². The van der Waals surface area contributed by atoms with Crippen LogP contribution >= 0.6 is 22.9 Å². The smallest absolute Gasteiger partial charge is 0.257 e. The fraction of sp³-hybridized carbons (Fsp3) is 0.167. The molecule has 4 nitrogen and oxygen atoms in total. The topological polar surface area (TPSA) is 54.9 Å². The van der Waals surface area contributed by atoms with Crippen molar-refractivity contribution >= 4 is 34.0 Å². The van der Waals surface area contributed by atoms with Crippen molar-refractivity contribution in [3.63, 3.8) is 0 Å². The number of amides is 1. The van der Waals surface area contributed by atoms with Gasteiger partial charge in [0.15, 0.2) is 0 Å². The molecule has 0 aliphatic heterocycles. The summed E-state index contributed by atoms with van der Waals surface area (Å²) in [6, 6.07) is 17.2. The van der Waals surface area contributed by atoms with Crippen LogP contribution < -0.4 is 5.32 Å². The van der Waals surface area contributed by atoms with Crippen LogP contribution in [0.3, 0.4) is 0 Å². The lowest BCUT2D eigenvalue weighted by molar-refractivity contribution is 0.102. The maximum atomic E-state index is 12.1. The molecule has 0 fully saturated rings. The van der Waals surface area contributed by atoms with Crippen LogP contribution in [0.4, 0.5) is 5.13 Å². The molecule has 0 atom stereocenters. The summed E-state index contributed by atoms with van der Waals surface area (Å²) in [5.74, 6) is -0.232. The van der Waals surface area contributed by atoms with E-state index in [1.165, 1.54) is 16.9 Å². The zero-order chi connectivity index (χ0) is 16.8. The number of halogens is 1. The minimum atomic E-state index is -0.232. The first-order chi connectivity index (χ1) is 11.7. The fourth-order valence-corrected chi connectivity index (χ4v) is 3.26. The highest BCUT2D eigenvalue weighted by atomic mass is 35.5. The van der Waals surface area contributed by atoms with Gasteiger partial charge in [0.1, 0.15) is 5.01 Å². The predicted molar refractivity (Wildman–Crippen MR) is 97.8 cm³/mol. The molecule has 6 heteroatoms. The summed E-state index contributed by atoms with van der Waals surface area (Å²) in [6.45, 7) is 0. The molecule has 1 amide bonds. The maximum Gasteiger partial charge on any atom is 0.257 e. The second kappa shape index (κ2) is 8.04. The van der Waals surface area contributed by atoms with Crippen molar-refractivity contribution in [2.45, 2.75) is 19.3 Å². The molecule has 0 unspecified atom stereocenters. The van der Waals surface area contributed by atoms with Crippen LogP contribution in [0.1, 0.15) is 27.3 Å². The van der Waals surface area contributed by atoms with Gasteiger partial charge in [0, 0.05) is 17.0 Å². The molecule has 0 spiro atoms. The third-order valence-corrected chi connectivity index (χ3v) is 4.61. The third-order valence-electron chi connectivity index (χ3n) is 3.47. The molecular weight excluding hydrogens is 342 g/mol. The number of benzene rings is 2. The van der Waals surface area contributed by atoms with Gasteiger partial charge in [-0.1, -0.05) is 59.3 Å². The molecule has 1 N–H and O–H groups in total. The third kappa shape index (κ3) is 4.63. The second-order valence-electron chi connectivity index (χ2n) is 5.30. The summed E-state index contributed by atoms with van der Waals surface area (Å²) < 4.78 is 0. The molecule has 0 aliphatic rings. The van der Waals surface area contributed by atoms with Crippen LogP contribution in [0.15, 0.2) is 54.6 Å². The van der Waals surface area contributed by atoms with Crippen molar-refractivity contribution in [2.24, 2.45) is 0 Å². The second-order valence-corrected chi connectivity index (χ2v) is 6.80. The van der Waals surface area contributed by atoms with Crippen molar-refractivity contribution in [3.05, 3.63) is 75.8 Å². The van der Waals surface area contributed by atoms with Crippen molar-refractivity contribution < 1.29 is 4.79 Å². The molecule has 3 rings (SSSR count). The normalized spacial score (nSPS) is 10.5. The Kier molecular flexibility index (Phi) is 5.56. The quantitative estimate of drug-likeness (QED) is 0.700. The average molecular weight is 358 g/mol. The van der Waals surface area contributed by atoms with E-state index >= 15 is 0 Å². The summed E-state index contributed by atoms with van der Waals surface area (Å²) >= 11 is 7.31. The lowest BCUT2D eigenvalue weighted by atomic mass is 10.1. The molecule has 2 aromatic carbocycles. The number of nitrogens with one attached hydrogen (secondary N) is 1. The van der Waals surface area contributed by atoms with E-state index in [9.17, 15) is 4.79 Å². The molecule has 24 heavy (non-hydrogen) atoms. The van der Waals surface area contributed by atoms with Gasteiger partial charge in [0.05, 0.1) is 0 Å². The van der Waals surface area contributed by atoms with Crippen molar-refractivity contribution in [3.8, 4) is 0 Å². The van der Waals surface area contributed by atoms with Crippen LogP contribution in [0.25, 0.3) is 0 Å². The van der Waals surface area contributed by atoms with Crippen molar-refractivity contribution in [1.82, 2.24) is 10.2 Å². The monoisotopic (exact) mass is 357 g/mol. The molecule has 0 bridgehead atoms. The average Bonchev–Trinajstić information content (AvgIpc) is 3.03. The summed E-state index contributed by atoms with van der Waals surface area (Å²) in [5.41, 5.74) is 1.82. The van der Waals surface area contributed by atoms with Gasteiger partial charge in [-0.2, -0.15) is 0 Å². The number of hydrogen-bond acceptors (Lipinski definition) is 4. The Labute approximate surface area is 149 Å². The van der Waals surface area contributed by atoms with Crippen molar-refractivity contribution in [1.29, 1.82) is 0 Å². The molecule has 122 valence electrons. The lowest BCUT2D eigenvalue weighted by Crippen LogP contribution is -2.11. The van der Waals surface area contributed by atoms with Gasteiger partial charge in [0.25, 0.3) is 5.91 Å². The highest BCUT2D eigenvalue weighted by molar-refractivity contribution is 7.15. The van der Waals surface area contributed by atoms with Gasteiger partial charge in [-0.05, 0) is 36.6 Å². The number of aryl methyl sites for hydroxylation is 2. The largest absolute Gasteiger partial charge is 0.296 e. The molecule has 0 saturated carbocycles. The molecular formula is C18H16ClN3OS. The van der Waals surface area contributed by atoms with E-state index in [1.54, 1.807) is 24.3 Å². The molecule has 0 radical (unpaired) electrons. The number of carbonyl (C=O) groups is 1. The molecule has 1 heterocycles. The fourth-order valence-electron chi connectivity index (χ4n) is 2.29. The summed E-state index contributed by atoms with van der Waals surface area (Å²) in [5, 5.41) is 12.9. The van der Waals surface area contributed by atoms with Gasteiger partial charge in [0.2, 0.25) is 5.13 Å². The van der Waals surface area contributed by atoms with E-state index in [-0.39, 0.29) is 5.91 Å². The highest BCUT2D eigenvalue weighted by Gasteiger charge is 2.10. The van der Waals surface area contributed by atoms with E-state index < -0.39 is 0 Å². The van der Waals surface area contributed by atoms with Gasteiger partial charge in [-0.3, -0.25) is 10.1 Å². The Morgan fingerprint density at radius 3 is 2.67 bits per heavy atom. The van der Waals surface area contributed by atoms with Crippen LogP contribution in [0.2, 0.25) is 5.02 Å². The van der Waals surface area contributed by atoms with Crippen LogP contribution in [-0.2, 0) is 12.8 Å².